The zero-order chi connectivity index (χ0) is 11.3. The van der Waals surface area contributed by atoms with Crippen molar-refractivity contribution < 1.29 is 10.2 Å². The molecule has 15 heavy (non-hydrogen) atoms. The molecule has 84 valence electrons. The van der Waals surface area contributed by atoms with Crippen molar-refractivity contribution in [3.63, 3.8) is 0 Å². The minimum absolute atomic E-state index is 0.0153. The fraction of sp³-hybridized carbons (Fsp3) is 0.455. The molecule has 0 amide bonds. The van der Waals surface area contributed by atoms with E-state index in [1.54, 1.807) is 18.2 Å². The first-order valence-corrected chi connectivity index (χ1v) is 5.59. The Kier molecular flexibility index (Phi) is 5.40. The van der Waals surface area contributed by atoms with Crippen LogP contribution in [0.2, 0.25) is 10.0 Å². The predicted octanol–water partition coefficient (Wildman–Crippen LogP) is 2.53. The SMILES string of the molecule is OCC(CO)CCc1c(Cl)cccc1Cl. The number of hydrogen-bond acceptors (Lipinski definition) is 2. The van der Waals surface area contributed by atoms with E-state index in [0.717, 1.165) is 5.56 Å². The van der Waals surface area contributed by atoms with E-state index in [1.807, 2.05) is 0 Å². The van der Waals surface area contributed by atoms with Crippen molar-refractivity contribution in [3.8, 4) is 0 Å². The zero-order valence-corrected chi connectivity index (χ0v) is 9.80. The van der Waals surface area contributed by atoms with E-state index in [0.29, 0.717) is 22.9 Å². The third-order valence-corrected chi connectivity index (χ3v) is 3.09. The van der Waals surface area contributed by atoms with E-state index in [-0.39, 0.29) is 19.1 Å². The highest BCUT2D eigenvalue weighted by atomic mass is 35.5. The van der Waals surface area contributed by atoms with Gasteiger partial charge in [-0.1, -0.05) is 29.3 Å². The molecule has 0 spiro atoms. The van der Waals surface area contributed by atoms with Crippen LogP contribution >= 0.6 is 23.2 Å². The van der Waals surface area contributed by atoms with Crippen LogP contribution in [0.15, 0.2) is 18.2 Å². The second kappa shape index (κ2) is 6.33. The molecule has 0 radical (unpaired) electrons. The van der Waals surface area contributed by atoms with Gasteiger partial charge in [0.15, 0.2) is 0 Å². The largest absolute Gasteiger partial charge is 0.396 e. The summed E-state index contributed by atoms with van der Waals surface area (Å²) in [6.45, 7) is -0.0306. The Balaban J connectivity index is 2.64. The zero-order valence-electron chi connectivity index (χ0n) is 8.29. The van der Waals surface area contributed by atoms with Gasteiger partial charge in [0.2, 0.25) is 0 Å². The molecule has 0 heterocycles. The van der Waals surface area contributed by atoms with Gasteiger partial charge >= 0.3 is 0 Å². The summed E-state index contributed by atoms with van der Waals surface area (Å²) in [6.07, 6.45) is 1.35. The van der Waals surface area contributed by atoms with Crippen LogP contribution < -0.4 is 0 Å². The Hall–Kier alpha value is -0.280. The molecule has 0 saturated heterocycles. The summed E-state index contributed by atoms with van der Waals surface area (Å²) in [6, 6.07) is 5.37. The normalized spacial score (nSPS) is 11.0. The summed E-state index contributed by atoms with van der Waals surface area (Å²) in [4.78, 5) is 0. The summed E-state index contributed by atoms with van der Waals surface area (Å²) in [7, 11) is 0. The average Bonchev–Trinajstić information content (AvgIpc) is 2.23. The summed E-state index contributed by atoms with van der Waals surface area (Å²) in [5.74, 6) is -0.0997. The van der Waals surface area contributed by atoms with Crippen molar-refractivity contribution in [2.45, 2.75) is 12.8 Å². The van der Waals surface area contributed by atoms with E-state index >= 15 is 0 Å². The van der Waals surface area contributed by atoms with Gasteiger partial charge in [-0.05, 0) is 30.5 Å². The molecular formula is C11H14Cl2O2. The molecule has 0 aliphatic heterocycles. The lowest BCUT2D eigenvalue weighted by molar-refractivity contribution is 0.144. The number of benzene rings is 1. The monoisotopic (exact) mass is 248 g/mol. The fourth-order valence-corrected chi connectivity index (χ4v) is 1.95. The van der Waals surface area contributed by atoms with Crippen molar-refractivity contribution in [1.29, 1.82) is 0 Å². The molecule has 2 N–H and O–H groups in total. The first-order valence-electron chi connectivity index (χ1n) is 4.83. The van der Waals surface area contributed by atoms with Crippen molar-refractivity contribution in [1.82, 2.24) is 0 Å². The highest BCUT2D eigenvalue weighted by Gasteiger charge is 2.10. The van der Waals surface area contributed by atoms with Gasteiger partial charge in [0, 0.05) is 29.2 Å². The molecule has 0 saturated carbocycles. The Bertz CT molecular complexity index is 291. The second-order valence-electron chi connectivity index (χ2n) is 3.47. The minimum atomic E-state index is -0.0997. The molecule has 0 aliphatic rings. The maximum atomic E-state index is 8.92. The van der Waals surface area contributed by atoms with Crippen LogP contribution in [-0.4, -0.2) is 23.4 Å². The molecule has 2 nitrogen and oxygen atoms in total. The van der Waals surface area contributed by atoms with Crippen LogP contribution in [0.3, 0.4) is 0 Å². The van der Waals surface area contributed by atoms with Gasteiger partial charge in [0.1, 0.15) is 0 Å². The maximum absolute atomic E-state index is 8.92. The van der Waals surface area contributed by atoms with Gasteiger partial charge in [-0.2, -0.15) is 0 Å². The summed E-state index contributed by atoms with van der Waals surface area (Å²) in [5, 5.41) is 19.1. The third kappa shape index (κ3) is 3.65. The fourth-order valence-electron chi connectivity index (χ4n) is 1.36. The third-order valence-electron chi connectivity index (χ3n) is 2.38. The number of rotatable bonds is 5. The Morgan fingerprint density at radius 3 is 2.07 bits per heavy atom. The summed E-state index contributed by atoms with van der Waals surface area (Å²) in [5.41, 5.74) is 0.882. The Morgan fingerprint density at radius 2 is 1.60 bits per heavy atom. The highest BCUT2D eigenvalue weighted by molar-refractivity contribution is 6.35. The lowest BCUT2D eigenvalue weighted by Crippen LogP contribution is -2.12. The van der Waals surface area contributed by atoms with Crippen molar-refractivity contribution >= 4 is 23.2 Å². The van der Waals surface area contributed by atoms with Crippen LogP contribution in [0.25, 0.3) is 0 Å². The van der Waals surface area contributed by atoms with E-state index in [4.69, 9.17) is 33.4 Å². The van der Waals surface area contributed by atoms with Crippen LogP contribution in [0.1, 0.15) is 12.0 Å². The topological polar surface area (TPSA) is 40.5 Å². The molecule has 0 aliphatic carbocycles. The summed E-state index contributed by atoms with van der Waals surface area (Å²) < 4.78 is 0. The molecule has 0 fully saturated rings. The van der Waals surface area contributed by atoms with Gasteiger partial charge in [-0.25, -0.2) is 0 Å². The lowest BCUT2D eigenvalue weighted by Gasteiger charge is -2.12. The molecule has 0 unspecified atom stereocenters. The predicted molar refractivity (Wildman–Crippen MR) is 62.4 cm³/mol. The molecule has 1 rings (SSSR count). The van der Waals surface area contributed by atoms with Crippen LogP contribution in [0, 0.1) is 5.92 Å². The number of hydrogen-bond donors (Lipinski definition) is 2. The van der Waals surface area contributed by atoms with Gasteiger partial charge in [0.05, 0.1) is 0 Å². The molecule has 0 bridgehead atoms. The molecule has 0 atom stereocenters. The van der Waals surface area contributed by atoms with E-state index < -0.39 is 0 Å². The van der Waals surface area contributed by atoms with Gasteiger partial charge in [-0.15, -0.1) is 0 Å². The molecule has 0 aromatic heterocycles. The van der Waals surface area contributed by atoms with E-state index in [1.165, 1.54) is 0 Å². The number of aliphatic hydroxyl groups excluding tert-OH is 2. The van der Waals surface area contributed by atoms with Crippen LogP contribution in [0.5, 0.6) is 0 Å². The number of halogens is 2. The lowest BCUT2D eigenvalue weighted by atomic mass is 10.0. The first-order chi connectivity index (χ1) is 7.19. The second-order valence-corrected chi connectivity index (χ2v) is 4.28. The van der Waals surface area contributed by atoms with Crippen LogP contribution in [0.4, 0.5) is 0 Å². The number of aliphatic hydroxyl groups is 2. The van der Waals surface area contributed by atoms with E-state index in [2.05, 4.69) is 0 Å². The van der Waals surface area contributed by atoms with Crippen molar-refractivity contribution in [2.24, 2.45) is 5.92 Å². The molecular weight excluding hydrogens is 235 g/mol. The van der Waals surface area contributed by atoms with E-state index in [9.17, 15) is 0 Å². The molecule has 1 aromatic rings. The van der Waals surface area contributed by atoms with Crippen molar-refractivity contribution in [3.05, 3.63) is 33.8 Å². The van der Waals surface area contributed by atoms with Gasteiger partial charge < -0.3 is 10.2 Å². The van der Waals surface area contributed by atoms with Crippen LogP contribution in [-0.2, 0) is 6.42 Å². The molecule has 4 heteroatoms. The maximum Gasteiger partial charge on any atom is 0.0481 e. The minimum Gasteiger partial charge on any atom is -0.396 e. The van der Waals surface area contributed by atoms with Gasteiger partial charge in [0.25, 0.3) is 0 Å². The first kappa shape index (κ1) is 12.8. The van der Waals surface area contributed by atoms with Gasteiger partial charge in [-0.3, -0.25) is 0 Å². The Morgan fingerprint density at radius 1 is 1.07 bits per heavy atom. The standard InChI is InChI=1S/C11H14Cl2O2/c12-10-2-1-3-11(13)9(10)5-4-8(6-14)7-15/h1-3,8,14-15H,4-7H2. The van der Waals surface area contributed by atoms with Crippen molar-refractivity contribution in [2.75, 3.05) is 13.2 Å². The average molecular weight is 249 g/mol. The summed E-state index contributed by atoms with van der Waals surface area (Å²) >= 11 is 12.0. The quantitative estimate of drug-likeness (QED) is 0.841. The smallest absolute Gasteiger partial charge is 0.0481 e. The molecule has 1 aromatic carbocycles. The Labute approximate surface area is 99.5 Å². The highest BCUT2D eigenvalue weighted by Crippen LogP contribution is 2.26.